The minimum Gasteiger partial charge on any atom is -0.336 e. The van der Waals surface area contributed by atoms with Crippen molar-refractivity contribution >= 4 is 18.3 Å². The largest absolute Gasteiger partial charge is 0.336 e. The van der Waals surface area contributed by atoms with Crippen LogP contribution in [0.3, 0.4) is 0 Å². The van der Waals surface area contributed by atoms with Crippen molar-refractivity contribution in [3.05, 3.63) is 59.8 Å². The van der Waals surface area contributed by atoms with Crippen molar-refractivity contribution in [3.63, 3.8) is 0 Å². The molecule has 1 unspecified atom stereocenters. The number of nitrogens with zero attached hydrogens (tertiary/aromatic N) is 4. The van der Waals surface area contributed by atoms with Gasteiger partial charge >= 0.3 is 0 Å². The monoisotopic (exact) mass is 386 g/mol. The number of H-pyrrole nitrogens is 1. The summed E-state index contributed by atoms with van der Waals surface area (Å²) < 4.78 is 1.96. The van der Waals surface area contributed by atoms with Gasteiger partial charge in [0.2, 0.25) is 0 Å². The molecule has 1 fully saturated rings. The molecule has 0 aliphatic carbocycles. The number of benzene rings is 1. The smallest absolute Gasteiger partial charge is 0.272 e. The van der Waals surface area contributed by atoms with Crippen molar-refractivity contribution in [3.8, 4) is 11.3 Å². The highest BCUT2D eigenvalue weighted by molar-refractivity contribution is 5.93. The zero-order valence-corrected chi connectivity index (χ0v) is 16.2. The molecule has 0 saturated carbocycles. The summed E-state index contributed by atoms with van der Waals surface area (Å²) >= 11 is 0. The topological polar surface area (TPSA) is 78.8 Å². The molecule has 1 aliphatic rings. The average molecular weight is 387 g/mol. The number of amides is 1. The van der Waals surface area contributed by atoms with Gasteiger partial charge < -0.3 is 14.8 Å². The number of carbonyl (C=O) groups is 1. The summed E-state index contributed by atoms with van der Waals surface area (Å²) in [5, 5.41) is 10.6. The van der Waals surface area contributed by atoms with Crippen molar-refractivity contribution in [2.24, 2.45) is 7.05 Å². The molecule has 1 amide bonds. The van der Waals surface area contributed by atoms with Crippen molar-refractivity contribution in [1.29, 1.82) is 0 Å². The van der Waals surface area contributed by atoms with E-state index in [2.05, 4.69) is 20.5 Å². The van der Waals surface area contributed by atoms with E-state index in [9.17, 15) is 4.79 Å². The molecule has 27 heavy (non-hydrogen) atoms. The fourth-order valence-corrected chi connectivity index (χ4v) is 3.33. The maximum Gasteiger partial charge on any atom is 0.272 e. The van der Waals surface area contributed by atoms with Gasteiger partial charge in [-0.3, -0.25) is 9.89 Å². The Labute approximate surface area is 164 Å². The number of aryl methyl sites for hydroxylation is 2. The number of halogens is 1. The highest BCUT2D eigenvalue weighted by Crippen LogP contribution is 2.24. The Bertz CT molecular complexity index is 916. The number of hydrogen-bond acceptors (Lipinski definition) is 4. The van der Waals surface area contributed by atoms with Gasteiger partial charge in [0.25, 0.3) is 5.91 Å². The lowest BCUT2D eigenvalue weighted by molar-refractivity contribution is 0.0614. The molecule has 3 heterocycles. The minimum absolute atomic E-state index is 0. The number of carbonyl (C=O) groups excluding carboxylic acids is 1. The number of aromatic amines is 1. The predicted molar refractivity (Wildman–Crippen MR) is 106 cm³/mol. The molecule has 1 aliphatic heterocycles. The Morgan fingerprint density at radius 1 is 1.26 bits per heavy atom. The zero-order valence-electron chi connectivity index (χ0n) is 15.3. The molecule has 7 nitrogen and oxygen atoms in total. The third-order valence-electron chi connectivity index (χ3n) is 4.82. The maximum absolute atomic E-state index is 13.1. The lowest BCUT2D eigenvalue weighted by Crippen LogP contribution is -2.49. The van der Waals surface area contributed by atoms with E-state index < -0.39 is 0 Å². The predicted octanol–water partition coefficient (Wildman–Crippen LogP) is 2.33. The Morgan fingerprint density at radius 2 is 2.04 bits per heavy atom. The summed E-state index contributed by atoms with van der Waals surface area (Å²) in [6.07, 6.45) is 3.66. The van der Waals surface area contributed by atoms with Crippen LogP contribution >= 0.6 is 12.4 Å². The van der Waals surface area contributed by atoms with Crippen LogP contribution < -0.4 is 5.32 Å². The fourth-order valence-electron chi connectivity index (χ4n) is 3.33. The number of aromatic nitrogens is 4. The summed E-state index contributed by atoms with van der Waals surface area (Å²) in [6.45, 7) is 4.14. The summed E-state index contributed by atoms with van der Waals surface area (Å²) in [4.78, 5) is 19.4. The van der Waals surface area contributed by atoms with Gasteiger partial charge in [0, 0.05) is 44.6 Å². The van der Waals surface area contributed by atoms with E-state index in [-0.39, 0.29) is 24.4 Å². The van der Waals surface area contributed by atoms with E-state index in [1.165, 1.54) is 5.56 Å². The number of piperazine rings is 1. The van der Waals surface area contributed by atoms with Crippen LogP contribution in [0.15, 0.2) is 42.7 Å². The van der Waals surface area contributed by atoms with E-state index in [1.54, 1.807) is 6.20 Å². The first-order valence-electron chi connectivity index (χ1n) is 8.75. The molecule has 0 radical (unpaired) electrons. The number of imidazole rings is 1. The van der Waals surface area contributed by atoms with E-state index in [0.29, 0.717) is 18.8 Å². The van der Waals surface area contributed by atoms with Gasteiger partial charge in [-0.2, -0.15) is 5.10 Å². The van der Waals surface area contributed by atoms with Crippen LogP contribution in [0.2, 0.25) is 0 Å². The van der Waals surface area contributed by atoms with Gasteiger partial charge in [-0.05, 0) is 13.0 Å². The molecule has 142 valence electrons. The van der Waals surface area contributed by atoms with Crippen LogP contribution in [-0.2, 0) is 7.05 Å². The number of rotatable bonds is 3. The van der Waals surface area contributed by atoms with Gasteiger partial charge in [0.1, 0.15) is 17.6 Å². The molecule has 8 heteroatoms. The van der Waals surface area contributed by atoms with E-state index in [1.807, 2.05) is 60.0 Å². The zero-order chi connectivity index (χ0) is 18.1. The Kier molecular flexibility index (Phi) is 5.62. The highest BCUT2D eigenvalue weighted by atomic mass is 35.5. The number of hydrogen-bond donors (Lipinski definition) is 2. The highest BCUT2D eigenvalue weighted by Gasteiger charge is 2.31. The second-order valence-electron chi connectivity index (χ2n) is 6.65. The summed E-state index contributed by atoms with van der Waals surface area (Å²) in [6, 6.07) is 9.84. The molecule has 4 rings (SSSR count). The van der Waals surface area contributed by atoms with Crippen LogP contribution in [0.5, 0.6) is 0 Å². The quantitative estimate of drug-likeness (QED) is 0.724. The van der Waals surface area contributed by atoms with Gasteiger partial charge in [-0.25, -0.2) is 4.98 Å². The average Bonchev–Trinajstić information content (AvgIpc) is 3.31. The van der Waals surface area contributed by atoms with Crippen LogP contribution in [-0.4, -0.2) is 50.2 Å². The molecule has 1 atom stereocenters. The van der Waals surface area contributed by atoms with Gasteiger partial charge in [0.05, 0.1) is 5.69 Å². The third-order valence-corrected chi connectivity index (χ3v) is 4.82. The van der Waals surface area contributed by atoms with Crippen LogP contribution in [0.25, 0.3) is 11.3 Å². The van der Waals surface area contributed by atoms with Crippen LogP contribution in [0, 0.1) is 6.92 Å². The molecule has 2 aromatic heterocycles. The van der Waals surface area contributed by atoms with Crippen molar-refractivity contribution in [1.82, 2.24) is 30.0 Å². The van der Waals surface area contributed by atoms with Crippen molar-refractivity contribution in [2.75, 3.05) is 19.6 Å². The van der Waals surface area contributed by atoms with Crippen molar-refractivity contribution in [2.45, 2.75) is 13.0 Å². The lowest BCUT2D eigenvalue weighted by Gasteiger charge is -2.35. The Balaban J connectivity index is 0.00000210. The minimum atomic E-state index is -0.0950. The van der Waals surface area contributed by atoms with Gasteiger partial charge in [-0.1, -0.05) is 29.8 Å². The molecule has 3 aromatic rings. The van der Waals surface area contributed by atoms with E-state index in [0.717, 1.165) is 23.6 Å². The van der Waals surface area contributed by atoms with Gasteiger partial charge in [0.15, 0.2) is 0 Å². The SMILES string of the molecule is Cc1ccc(-c2cc(C(=O)N3CCNCC3c3nccn3C)[nH]n2)cc1.Cl. The summed E-state index contributed by atoms with van der Waals surface area (Å²) in [5.41, 5.74) is 3.46. The molecule has 2 N–H and O–H groups in total. The molecule has 0 spiro atoms. The third kappa shape index (κ3) is 3.74. The number of nitrogens with one attached hydrogen (secondary N) is 2. The van der Waals surface area contributed by atoms with Crippen LogP contribution in [0.4, 0.5) is 0 Å². The first kappa shape index (κ1) is 19.1. The van der Waals surface area contributed by atoms with Crippen LogP contribution in [0.1, 0.15) is 27.9 Å². The molecule has 0 bridgehead atoms. The first-order chi connectivity index (χ1) is 12.6. The first-order valence-corrected chi connectivity index (χ1v) is 8.75. The normalized spacial score (nSPS) is 16.8. The lowest BCUT2D eigenvalue weighted by atomic mass is 10.1. The Morgan fingerprint density at radius 3 is 2.74 bits per heavy atom. The molecular formula is C19H23ClN6O. The summed E-state index contributed by atoms with van der Waals surface area (Å²) in [5.74, 6) is 0.828. The Hall–Kier alpha value is -2.64. The van der Waals surface area contributed by atoms with Gasteiger partial charge in [-0.15, -0.1) is 12.4 Å². The molecule has 1 saturated heterocycles. The summed E-state index contributed by atoms with van der Waals surface area (Å²) in [7, 11) is 1.95. The second-order valence-corrected chi connectivity index (χ2v) is 6.65. The van der Waals surface area contributed by atoms with Crippen molar-refractivity contribution < 1.29 is 4.79 Å². The van der Waals surface area contributed by atoms with E-state index in [4.69, 9.17) is 0 Å². The fraction of sp³-hybridized carbons (Fsp3) is 0.316. The maximum atomic E-state index is 13.1. The standard InChI is InChI=1S/C19H22N6O.ClH/c1-13-3-5-14(6-4-13)15-11-16(23-22-15)19(26)25-10-7-20-12-17(25)18-21-8-9-24(18)2;/h3-6,8-9,11,17,20H,7,10,12H2,1-2H3,(H,22,23);1H. The van der Waals surface area contributed by atoms with E-state index >= 15 is 0 Å². The molecule has 1 aromatic carbocycles. The molecular weight excluding hydrogens is 364 g/mol. The second kappa shape index (κ2) is 7.94.